The molecule has 0 heterocycles. The highest BCUT2D eigenvalue weighted by Crippen LogP contribution is 2.28. The van der Waals surface area contributed by atoms with Gasteiger partial charge < -0.3 is 14.2 Å². The number of carbonyl (C=O) groups is 2. The Balaban J connectivity index is 1.90. The number of methoxy groups -OCH3 is 1. The van der Waals surface area contributed by atoms with Crippen LogP contribution in [0.4, 0.5) is 0 Å². The molecule has 0 saturated carbocycles. The summed E-state index contributed by atoms with van der Waals surface area (Å²) in [6, 6.07) is 10.6. The molecule has 2 rings (SSSR count). The summed E-state index contributed by atoms with van der Waals surface area (Å²) in [5, 5.41) is 3.89. The molecule has 0 aliphatic rings. The van der Waals surface area contributed by atoms with E-state index in [-0.39, 0.29) is 6.61 Å². The highest BCUT2D eigenvalue weighted by atomic mass is 79.9. The maximum absolute atomic E-state index is 11.9. The lowest BCUT2D eigenvalue weighted by atomic mass is 10.2. The number of aryl methyl sites for hydroxylation is 1. The highest BCUT2D eigenvalue weighted by molar-refractivity contribution is 9.10. The molecule has 8 heteroatoms. The first kappa shape index (κ1) is 21.4. The van der Waals surface area contributed by atoms with Gasteiger partial charge in [-0.25, -0.2) is 5.43 Å². The van der Waals surface area contributed by atoms with Crippen molar-refractivity contribution in [1.82, 2.24) is 5.43 Å². The van der Waals surface area contributed by atoms with E-state index in [4.69, 9.17) is 14.2 Å². The summed E-state index contributed by atoms with van der Waals surface area (Å²) < 4.78 is 16.5. The first-order valence-electron chi connectivity index (χ1n) is 8.52. The second-order valence-electron chi connectivity index (χ2n) is 5.70. The maximum atomic E-state index is 11.9. The van der Waals surface area contributed by atoms with Gasteiger partial charge in [0.05, 0.1) is 17.8 Å². The molecule has 2 aromatic carbocycles. The highest BCUT2D eigenvalue weighted by Gasteiger charge is 2.08. The fourth-order valence-corrected chi connectivity index (χ4v) is 2.78. The van der Waals surface area contributed by atoms with Crippen molar-refractivity contribution in [2.75, 3.05) is 13.7 Å². The second-order valence-corrected chi connectivity index (χ2v) is 6.56. The maximum Gasteiger partial charge on any atom is 0.308 e. The number of nitrogens with zero attached hydrogens (tertiary/aromatic N) is 1. The number of amides is 1. The minimum atomic E-state index is -0.442. The topological polar surface area (TPSA) is 86.2 Å². The van der Waals surface area contributed by atoms with Gasteiger partial charge in [-0.15, -0.1) is 0 Å². The smallest absolute Gasteiger partial charge is 0.308 e. The van der Waals surface area contributed by atoms with Crippen LogP contribution in [-0.2, 0) is 16.0 Å². The minimum Gasteiger partial charge on any atom is -0.493 e. The van der Waals surface area contributed by atoms with Crippen molar-refractivity contribution in [2.24, 2.45) is 5.10 Å². The van der Waals surface area contributed by atoms with Crippen LogP contribution in [0, 0.1) is 0 Å². The van der Waals surface area contributed by atoms with Crippen LogP contribution in [0.25, 0.3) is 0 Å². The Morgan fingerprint density at radius 3 is 2.54 bits per heavy atom. The monoisotopic (exact) mass is 448 g/mol. The van der Waals surface area contributed by atoms with Crippen molar-refractivity contribution in [1.29, 1.82) is 0 Å². The minimum absolute atomic E-state index is 0.171. The lowest BCUT2D eigenvalue weighted by Crippen LogP contribution is -2.24. The third kappa shape index (κ3) is 6.38. The van der Waals surface area contributed by atoms with Gasteiger partial charge in [-0.3, -0.25) is 9.59 Å². The van der Waals surface area contributed by atoms with Crippen LogP contribution >= 0.6 is 15.9 Å². The van der Waals surface area contributed by atoms with Crippen molar-refractivity contribution < 1.29 is 23.8 Å². The average molecular weight is 449 g/mol. The molecule has 0 saturated heterocycles. The van der Waals surface area contributed by atoms with Gasteiger partial charge in [-0.1, -0.05) is 13.0 Å². The number of rotatable bonds is 8. The molecule has 0 aromatic heterocycles. The molecule has 2 aromatic rings. The molecule has 0 fully saturated rings. The summed E-state index contributed by atoms with van der Waals surface area (Å²) in [5.74, 6) is 0.440. The third-order valence-corrected chi connectivity index (χ3v) is 4.23. The van der Waals surface area contributed by atoms with E-state index in [1.54, 1.807) is 18.2 Å². The summed E-state index contributed by atoms with van der Waals surface area (Å²) in [5.41, 5.74) is 4.22. The number of carbonyl (C=O) groups excluding carboxylic acids is 2. The van der Waals surface area contributed by atoms with Crippen molar-refractivity contribution >= 4 is 34.0 Å². The van der Waals surface area contributed by atoms with Gasteiger partial charge in [0.1, 0.15) is 5.75 Å². The van der Waals surface area contributed by atoms with E-state index in [1.807, 2.05) is 18.2 Å². The van der Waals surface area contributed by atoms with Crippen molar-refractivity contribution in [3.05, 3.63) is 52.0 Å². The molecule has 0 aliphatic heterocycles. The summed E-state index contributed by atoms with van der Waals surface area (Å²) in [6.07, 6.45) is 2.37. The van der Waals surface area contributed by atoms with E-state index in [9.17, 15) is 9.59 Å². The van der Waals surface area contributed by atoms with Crippen LogP contribution in [0.1, 0.15) is 25.0 Å². The summed E-state index contributed by atoms with van der Waals surface area (Å²) in [7, 11) is 1.47. The van der Waals surface area contributed by atoms with Gasteiger partial charge in [0.25, 0.3) is 5.91 Å². The molecule has 0 aliphatic carbocycles. The zero-order valence-corrected chi connectivity index (χ0v) is 17.4. The normalized spacial score (nSPS) is 10.6. The van der Waals surface area contributed by atoms with Crippen LogP contribution in [0.3, 0.4) is 0 Å². The van der Waals surface area contributed by atoms with Crippen LogP contribution in [0.15, 0.2) is 46.0 Å². The molecule has 148 valence electrons. The SMILES string of the molecule is CCc1ccc(OCC(=O)N/N=C/c2ccc(OC(C)=O)c(OC)c2)c(Br)c1. The van der Waals surface area contributed by atoms with Crippen molar-refractivity contribution in [3.8, 4) is 17.2 Å². The first-order valence-corrected chi connectivity index (χ1v) is 9.31. The Labute approximate surface area is 171 Å². The van der Waals surface area contributed by atoms with Gasteiger partial charge in [0.2, 0.25) is 0 Å². The lowest BCUT2D eigenvalue weighted by Gasteiger charge is -2.09. The van der Waals surface area contributed by atoms with Gasteiger partial charge in [0, 0.05) is 6.92 Å². The molecule has 0 atom stereocenters. The Morgan fingerprint density at radius 1 is 1.14 bits per heavy atom. The van der Waals surface area contributed by atoms with Gasteiger partial charge >= 0.3 is 5.97 Å². The molecule has 28 heavy (non-hydrogen) atoms. The van der Waals surface area contributed by atoms with Gasteiger partial charge in [0.15, 0.2) is 18.1 Å². The quantitative estimate of drug-likeness (QED) is 0.289. The Morgan fingerprint density at radius 2 is 1.89 bits per heavy atom. The predicted molar refractivity (Wildman–Crippen MR) is 109 cm³/mol. The zero-order chi connectivity index (χ0) is 20.5. The third-order valence-electron chi connectivity index (χ3n) is 3.61. The van der Waals surface area contributed by atoms with E-state index in [2.05, 4.69) is 33.4 Å². The van der Waals surface area contributed by atoms with Crippen molar-refractivity contribution in [2.45, 2.75) is 20.3 Å². The largest absolute Gasteiger partial charge is 0.493 e. The molecule has 0 radical (unpaired) electrons. The molecular formula is C20H21BrN2O5. The second kappa shape index (κ2) is 10.5. The number of nitrogens with one attached hydrogen (secondary N) is 1. The van der Waals surface area contributed by atoms with Gasteiger partial charge in [-0.05, 0) is 63.8 Å². The lowest BCUT2D eigenvalue weighted by molar-refractivity contribution is -0.132. The molecule has 7 nitrogen and oxygen atoms in total. The fraction of sp³-hybridized carbons (Fsp3) is 0.250. The molecule has 0 spiro atoms. The molecule has 1 amide bonds. The number of hydrazone groups is 1. The van der Waals surface area contributed by atoms with Crippen LogP contribution in [-0.4, -0.2) is 31.8 Å². The molecular weight excluding hydrogens is 428 g/mol. The Kier molecular flexibility index (Phi) is 8.01. The van der Waals surface area contributed by atoms with Crippen LogP contribution < -0.4 is 19.6 Å². The summed E-state index contributed by atoms with van der Waals surface area (Å²) in [6.45, 7) is 3.20. The average Bonchev–Trinajstić information content (AvgIpc) is 2.67. The predicted octanol–water partition coefficient (Wildman–Crippen LogP) is 3.47. The Hall–Kier alpha value is -2.87. The summed E-state index contributed by atoms with van der Waals surface area (Å²) >= 11 is 3.43. The van der Waals surface area contributed by atoms with Crippen molar-refractivity contribution in [3.63, 3.8) is 0 Å². The van der Waals surface area contributed by atoms with E-state index >= 15 is 0 Å². The number of hydrogen-bond acceptors (Lipinski definition) is 6. The molecule has 0 bridgehead atoms. The fourth-order valence-electron chi connectivity index (χ4n) is 2.24. The summed E-state index contributed by atoms with van der Waals surface area (Å²) in [4.78, 5) is 23.0. The molecule has 0 unspecified atom stereocenters. The Bertz CT molecular complexity index is 883. The van der Waals surface area contributed by atoms with Gasteiger partial charge in [-0.2, -0.15) is 5.10 Å². The van der Waals surface area contributed by atoms with E-state index in [1.165, 1.54) is 25.8 Å². The molecule has 1 N–H and O–H groups in total. The first-order chi connectivity index (χ1) is 13.4. The number of benzene rings is 2. The van der Waals surface area contributed by atoms with E-state index < -0.39 is 11.9 Å². The van der Waals surface area contributed by atoms with E-state index in [0.717, 1.165) is 10.9 Å². The number of hydrogen-bond donors (Lipinski definition) is 1. The van der Waals surface area contributed by atoms with Crippen LogP contribution in [0.5, 0.6) is 17.2 Å². The zero-order valence-electron chi connectivity index (χ0n) is 15.8. The standard InChI is InChI=1S/C20H21BrN2O5/c1-4-14-5-7-17(16(21)9-14)27-12-20(25)23-22-11-15-6-8-18(28-13(2)24)19(10-15)26-3/h5-11H,4,12H2,1-3H3,(H,23,25)/b22-11+. The number of ether oxygens (including phenoxy) is 3. The van der Waals surface area contributed by atoms with Crippen LogP contribution in [0.2, 0.25) is 0 Å². The van der Waals surface area contributed by atoms with E-state index in [0.29, 0.717) is 22.8 Å². The number of esters is 1. The number of halogens is 1.